The number of carboxylic acid groups (broad SMARTS) is 1. The molecule has 1 N–H and O–H groups in total. The van der Waals surface area contributed by atoms with E-state index in [2.05, 4.69) is 29.2 Å². The van der Waals surface area contributed by atoms with Crippen molar-refractivity contribution in [3.05, 3.63) is 94.2 Å². The number of pyridine rings is 1. The standard InChI is InChI=1S/C29H30N2O4/c32-28(33)17-26-23-10-9-21-13-14-31(19-25(21)16-23)29(34)22-7-5-20(6-8-22)4-2-1-3-15-35-27-12-11-24(26)18-30-27/h5-12,16,18,26H,1-4,13-15,17,19H2,(H,32,33)/t26-/m0/s1. The van der Waals surface area contributed by atoms with E-state index in [-0.39, 0.29) is 18.2 Å². The van der Waals surface area contributed by atoms with Gasteiger partial charge >= 0.3 is 5.97 Å². The first-order valence-corrected chi connectivity index (χ1v) is 12.4. The van der Waals surface area contributed by atoms with Gasteiger partial charge < -0.3 is 14.7 Å². The SMILES string of the molecule is O=C(O)C[C@@H]1c2ccc(nc2)OCCCCCc2ccc(cc2)C(=O)N2CCc3ccc1cc3C2. The van der Waals surface area contributed by atoms with Crippen molar-refractivity contribution in [1.29, 1.82) is 0 Å². The maximum Gasteiger partial charge on any atom is 0.304 e. The third-order valence-electron chi connectivity index (χ3n) is 7.03. The molecule has 2 aromatic carbocycles. The summed E-state index contributed by atoms with van der Waals surface area (Å²) in [6.45, 7) is 1.80. The second-order valence-electron chi connectivity index (χ2n) is 9.44. The topological polar surface area (TPSA) is 79.7 Å². The van der Waals surface area contributed by atoms with Gasteiger partial charge in [-0.3, -0.25) is 9.59 Å². The first-order chi connectivity index (χ1) is 17.1. The molecule has 5 aliphatic rings. The largest absolute Gasteiger partial charge is 0.481 e. The lowest BCUT2D eigenvalue weighted by Crippen LogP contribution is -2.36. The number of amides is 1. The van der Waals surface area contributed by atoms with E-state index in [1.807, 2.05) is 35.2 Å². The number of carboxylic acids is 1. The maximum absolute atomic E-state index is 13.2. The maximum atomic E-state index is 13.2. The van der Waals surface area contributed by atoms with Crippen LogP contribution in [0.4, 0.5) is 0 Å². The molecule has 7 bridgehead atoms. The van der Waals surface area contributed by atoms with Crippen LogP contribution in [-0.2, 0) is 24.2 Å². The molecule has 0 radical (unpaired) electrons. The number of rotatable bonds is 2. The third-order valence-corrected chi connectivity index (χ3v) is 7.03. The van der Waals surface area contributed by atoms with Gasteiger partial charge in [0.25, 0.3) is 5.91 Å². The van der Waals surface area contributed by atoms with Gasteiger partial charge in [-0.05, 0) is 72.1 Å². The first kappa shape index (κ1) is 23.1. The molecule has 6 heteroatoms. The van der Waals surface area contributed by atoms with Crippen molar-refractivity contribution < 1.29 is 19.4 Å². The number of aromatic nitrogens is 1. The summed E-state index contributed by atoms with van der Waals surface area (Å²) in [5, 5.41) is 9.61. The lowest BCUT2D eigenvalue weighted by molar-refractivity contribution is -0.137. The Kier molecular flexibility index (Phi) is 6.80. The van der Waals surface area contributed by atoms with Crippen LogP contribution in [0.3, 0.4) is 0 Å². The average molecular weight is 471 g/mol. The number of benzene rings is 2. The van der Waals surface area contributed by atoms with E-state index in [1.165, 1.54) is 11.1 Å². The van der Waals surface area contributed by atoms with E-state index in [0.29, 0.717) is 31.1 Å². The molecule has 5 aliphatic heterocycles. The van der Waals surface area contributed by atoms with Gasteiger partial charge in [0.05, 0.1) is 13.0 Å². The summed E-state index contributed by atoms with van der Waals surface area (Å²) in [5.41, 5.74) is 6.00. The smallest absolute Gasteiger partial charge is 0.304 e. The molecule has 8 rings (SSSR count). The number of hydrogen-bond acceptors (Lipinski definition) is 4. The Bertz CT molecular complexity index is 1200. The van der Waals surface area contributed by atoms with Crippen LogP contribution in [0.25, 0.3) is 0 Å². The summed E-state index contributed by atoms with van der Waals surface area (Å²) >= 11 is 0. The molecule has 0 saturated heterocycles. The van der Waals surface area contributed by atoms with Gasteiger partial charge in [0.15, 0.2) is 0 Å². The first-order valence-electron chi connectivity index (χ1n) is 12.4. The zero-order valence-electron chi connectivity index (χ0n) is 19.8. The van der Waals surface area contributed by atoms with Gasteiger partial charge in [-0.25, -0.2) is 4.98 Å². The molecule has 0 unspecified atom stereocenters. The van der Waals surface area contributed by atoms with Crippen LogP contribution in [0.1, 0.15) is 69.8 Å². The van der Waals surface area contributed by atoms with Crippen molar-refractivity contribution in [2.24, 2.45) is 0 Å². The highest BCUT2D eigenvalue weighted by Gasteiger charge is 2.25. The minimum Gasteiger partial charge on any atom is -0.481 e. The van der Waals surface area contributed by atoms with Gasteiger partial charge in [-0.2, -0.15) is 0 Å². The van der Waals surface area contributed by atoms with Crippen molar-refractivity contribution in [3.8, 4) is 5.88 Å². The Labute approximate surface area is 205 Å². The van der Waals surface area contributed by atoms with E-state index in [4.69, 9.17) is 4.74 Å². The summed E-state index contributed by atoms with van der Waals surface area (Å²) in [4.78, 5) is 31.3. The van der Waals surface area contributed by atoms with Gasteiger partial charge in [0.2, 0.25) is 5.88 Å². The molecule has 0 aliphatic carbocycles. The van der Waals surface area contributed by atoms with Crippen LogP contribution >= 0.6 is 0 Å². The summed E-state index contributed by atoms with van der Waals surface area (Å²) in [6, 6.07) is 17.9. The van der Waals surface area contributed by atoms with Gasteiger partial charge in [0, 0.05) is 36.8 Å². The highest BCUT2D eigenvalue weighted by molar-refractivity contribution is 5.94. The number of carbonyl (C=O) groups excluding carboxylic acids is 1. The average Bonchev–Trinajstić information content (AvgIpc) is 2.88. The van der Waals surface area contributed by atoms with Crippen LogP contribution in [0.5, 0.6) is 5.88 Å². The van der Waals surface area contributed by atoms with Crippen LogP contribution in [-0.4, -0.2) is 40.0 Å². The normalized spacial score (nSPS) is 18.2. The summed E-state index contributed by atoms with van der Waals surface area (Å²) in [7, 11) is 0. The van der Waals surface area contributed by atoms with Crippen molar-refractivity contribution in [1.82, 2.24) is 9.88 Å². The zero-order valence-corrected chi connectivity index (χ0v) is 19.8. The van der Waals surface area contributed by atoms with E-state index < -0.39 is 5.97 Å². The fourth-order valence-corrected chi connectivity index (χ4v) is 5.03. The second-order valence-corrected chi connectivity index (χ2v) is 9.44. The molecule has 1 atom stereocenters. The molecule has 3 aromatic rings. The van der Waals surface area contributed by atoms with Crippen molar-refractivity contribution in [3.63, 3.8) is 0 Å². The number of nitrogens with zero attached hydrogens (tertiary/aromatic N) is 2. The van der Waals surface area contributed by atoms with E-state index in [9.17, 15) is 14.7 Å². The number of hydrogen-bond donors (Lipinski definition) is 1. The Morgan fingerprint density at radius 3 is 2.57 bits per heavy atom. The Morgan fingerprint density at radius 1 is 0.971 bits per heavy atom. The van der Waals surface area contributed by atoms with E-state index >= 15 is 0 Å². The summed E-state index contributed by atoms with van der Waals surface area (Å²) < 4.78 is 5.82. The molecular weight excluding hydrogens is 440 g/mol. The van der Waals surface area contributed by atoms with Crippen molar-refractivity contribution in [2.75, 3.05) is 13.2 Å². The van der Waals surface area contributed by atoms with Crippen LogP contribution in [0, 0.1) is 0 Å². The van der Waals surface area contributed by atoms with Crippen LogP contribution in [0.15, 0.2) is 60.8 Å². The zero-order chi connectivity index (χ0) is 24.2. The lowest BCUT2D eigenvalue weighted by Gasteiger charge is -2.30. The monoisotopic (exact) mass is 470 g/mol. The van der Waals surface area contributed by atoms with Gasteiger partial charge in [-0.1, -0.05) is 36.4 Å². The molecule has 6 heterocycles. The molecule has 0 saturated carbocycles. The molecule has 35 heavy (non-hydrogen) atoms. The Balaban J connectivity index is 1.49. The molecule has 180 valence electrons. The van der Waals surface area contributed by atoms with Crippen molar-refractivity contribution >= 4 is 11.9 Å². The molecular formula is C29H30N2O4. The van der Waals surface area contributed by atoms with Gasteiger partial charge in [-0.15, -0.1) is 0 Å². The van der Waals surface area contributed by atoms with E-state index in [0.717, 1.165) is 48.8 Å². The fraction of sp³-hybridized carbons (Fsp3) is 0.345. The number of carbonyl (C=O) groups is 2. The molecule has 1 amide bonds. The Morgan fingerprint density at radius 2 is 1.80 bits per heavy atom. The second kappa shape index (κ2) is 10.3. The van der Waals surface area contributed by atoms with Crippen molar-refractivity contribution in [2.45, 2.75) is 51.0 Å². The minimum absolute atomic E-state index is 0.0321. The molecule has 0 fully saturated rings. The lowest BCUT2D eigenvalue weighted by atomic mass is 9.86. The molecule has 6 nitrogen and oxygen atoms in total. The third kappa shape index (κ3) is 5.37. The number of ether oxygens (including phenoxy) is 1. The predicted molar refractivity (Wildman–Crippen MR) is 133 cm³/mol. The summed E-state index contributed by atoms with van der Waals surface area (Å²) in [5.74, 6) is -0.590. The summed E-state index contributed by atoms with van der Waals surface area (Å²) in [6.07, 6.45) is 6.50. The van der Waals surface area contributed by atoms with Crippen LogP contribution in [0.2, 0.25) is 0 Å². The highest BCUT2D eigenvalue weighted by atomic mass is 16.5. The van der Waals surface area contributed by atoms with E-state index in [1.54, 1.807) is 6.20 Å². The quantitative estimate of drug-likeness (QED) is 0.571. The molecule has 0 spiro atoms. The van der Waals surface area contributed by atoms with Crippen LogP contribution < -0.4 is 4.74 Å². The molecule has 1 aromatic heterocycles. The highest BCUT2D eigenvalue weighted by Crippen LogP contribution is 2.32. The number of aryl methyl sites for hydroxylation is 1. The number of aliphatic carboxylic acids is 1. The fourth-order valence-electron chi connectivity index (χ4n) is 5.03. The minimum atomic E-state index is -0.862. The predicted octanol–water partition coefficient (Wildman–Crippen LogP) is 4.99. The van der Waals surface area contributed by atoms with Gasteiger partial charge in [0.1, 0.15) is 0 Å². The Hall–Kier alpha value is -3.67.